The summed E-state index contributed by atoms with van der Waals surface area (Å²) < 4.78 is 38.2. The summed E-state index contributed by atoms with van der Waals surface area (Å²) in [5, 5.41) is 4.87. The number of rotatable bonds is 4. The van der Waals surface area contributed by atoms with E-state index in [0.717, 1.165) is 24.3 Å². The highest BCUT2D eigenvalue weighted by Crippen LogP contribution is 2.32. The average molecular weight is 474 g/mol. The Balaban J connectivity index is 1.48. The number of benzene rings is 1. The van der Waals surface area contributed by atoms with Gasteiger partial charge in [0.1, 0.15) is 11.9 Å². The third kappa shape index (κ3) is 4.50. The molecular formula is C23H21F3N4O4. The summed E-state index contributed by atoms with van der Waals surface area (Å²) >= 11 is 0. The Morgan fingerprint density at radius 1 is 1.21 bits per heavy atom. The van der Waals surface area contributed by atoms with E-state index in [0.29, 0.717) is 11.4 Å². The summed E-state index contributed by atoms with van der Waals surface area (Å²) in [5.74, 6) is -2.32. The predicted molar refractivity (Wildman–Crippen MR) is 114 cm³/mol. The number of hydrogen-bond donors (Lipinski definition) is 2. The zero-order chi connectivity index (χ0) is 24.6. The zero-order valence-corrected chi connectivity index (χ0v) is 18.1. The van der Waals surface area contributed by atoms with Crippen molar-refractivity contribution in [2.45, 2.75) is 38.0 Å². The lowest BCUT2D eigenvalue weighted by atomic mass is 9.84. The van der Waals surface area contributed by atoms with Gasteiger partial charge >= 0.3 is 6.18 Å². The average Bonchev–Trinajstić information content (AvgIpc) is 2.78. The minimum Gasteiger partial charge on any atom is -0.348 e. The van der Waals surface area contributed by atoms with Crippen LogP contribution in [0.4, 0.5) is 13.2 Å². The van der Waals surface area contributed by atoms with Crippen LogP contribution < -0.4 is 10.6 Å². The maximum absolute atomic E-state index is 13.4. The Kier molecular flexibility index (Phi) is 6.11. The number of aliphatic imine (C=N–C) groups is 1. The Hall–Kier alpha value is -3.76. The van der Waals surface area contributed by atoms with Crippen LogP contribution in [0.15, 0.2) is 53.1 Å². The third-order valence-electron chi connectivity index (χ3n) is 6.00. The van der Waals surface area contributed by atoms with Gasteiger partial charge in [0.25, 0.3) is 5.91 Å². The molecule has 1 fully saturated rings. The summed E-state index contributed by atoms with van der Waals surface area (Å²) in [6, 6.07) is 2.45. The summed E-state index contributed by atoms with van der Waals surface area (Å²) in [6.07, 6.45) is 0.914. The quantitative estimate of drug-likeness (QED) is 0.651. The van der Waals surface area contributed by atoms with Gasteiger partial charge in [0.15, 0.2) is 0 Å². The number of amidine groups is 1. The number of allylic oxidation sites excluding steroid dienone is 2. The normalized spacial score (nSPS) is 24.8. The van der Waals surface area contributed by atoms with Gasteiger partial charge in [-0.2, -0.15) is 13.2 Å². The SMILES string of the molecule is CC1=NC2C=CC=C(CNC(=O)c3ccc(C(F)(F)F)cc3)C2C(=O)N1C1CCC(=O)NC1=O. The number of carbonyl (C=O) groups is 4. The maximum Gasteiger partial charge on any atom is 0.416 e. The second-order valence-electron chi connectivity index (χ2n) is 8.20. The van der Waals surface area contributed by atoms with Crippen LogP contribution in [0.2, 0.25) is 0 Å². The number of hydrogen-bond acceptors (Lipinski definition) is 5. The highest BCUT2D eigenvalue weighted by molar-refractivity contribution is 6.09. The lowest BCUT2D eigenvalue weighted by molar-refractivity contribution is -0.144. The zero-order valence-electron chi connectivity index (χ0n) is 18.1. The smallest absolute Gasteiger partial charge is 0.348 e. The van der Waals surface area contributed by atoms with Gasteiger partial charge in [-0.3, -0.25) is 34.4 Å². The Bertz CT molecular complexity index is 1140. The lowest BCUT2D eigenvalue weighted by Crippen LogP contribution is -2.60. The monoisotopic (exact) mass is 474 g/mol. The van der Waals surface area contributed by atoms with Crippen LogP contribution >= 0.6 is 0 Å². The molecule has 1 aliphatic carbocycles. The van der Waals surface area contributed by atoms with Crippen molar-refractivity contribution < 1.29 is 32.3 Å². The van der Waals surface area contributed by atoms with Gasteiger partial charge in [0.05, 0.1) is 17.5 Å². The molecule has 4 rings (SSSR count). The van der Waals surface area contributed by atoms with Crippen molar-refractivity contribution in [3.05, 3.63) is 59.2 Å². The minimum atomic E-state index is -4.50. The van der Waals surface area contributed by atoms with Crippen LogP contribution in [0.1, 0.15) is 35.7 Å². The summed E-state index contributed by atoms with van der Waals surface area (Å²) in [7, 11) is 0. The molecule has 0 aromatic heterocycles. The van der Waals surface area contributed by atoms with Crippen LogP contribution in [-0.2, 0) is 20.6 Å². The van der Waals surface area contributed by atoms with Gasteiger partial charge in [-0.15, -0.1) is 0 Å². The van der Waals surface area contributed by atoms with Crippen LogP contribution in [0.5, 0.6) is 0 Å². The van der Waals surface area contributed by atoms with E-state index < -0.39 is 47.5 Å². The summed E-state index contributed by atoms with van der Waals surface area (Å²) in [5.41, 5.74) is -0.265. The lowest BCUT2D eigenvalue weighted by Gasteiger charge is -2.41. The van der Waals surface area contributed by atoms with Gasteiger partial charge < -0.3 is 5.32 Å². The molecule has 3 atom stereocenters. The number of piperidine rings is 1. The second-order valence-corrected chi connectivity index (χ2v) is 8.20. The van der Waals surface area contributed by atoms with Crippen molar-refractivity contribution in [1.82, 2.24) is 15.5 Å². The number of nitrogens with zero attached hydrogens (tertiary/aromatic N) is 2. The summed E-state index contributed by atoms with van der Waals surface area (Å²) in [6.45, 7) is 1.59. The van der Waals surface area contributed by atoms with Gasteiger partial charge in [-0.1, -0.05) is 18.2 Å². The van der Waals surface area contributed by atoms with E-state index in [1.54, 1.807) is 25.2 Å². The molecule has 0 radical (unpaired) electrons. The number of amides is 4. The minimum absolute atomic E-state index is 0.0329. The highest BCUT2D eigenvalue weighted by Gasteiger charge is 2.45. The molecule has 2 heterocycles. The predicted octanol–water partition coefficient (Wildman–Crippen LogP) is 1.98. The van der Waals surface area contributed by atoms with Gasteiger partial charge in [0, 0.05) is 18.5 Å². The highest BCUT2D eigenvalue weighted by atomic mass is 19.4. The van der Waals surface area contributed by atoms with Crippen LogP contribution in [0.25, 0.3) is 0 Å². The first-order chi connectivity index (χ1) is 16.1. The van der Waals surface area contributed by atoms with Crippen LogP contribution in [0, 0.1) is 5.92 Å². The maximum atomic E-state index is 13.4. The van der Waals surface area contributed by atoms with Crippen molar-refractivity contribution in [2.75, 3.05) is 6.54 Å². The number of fused-ring (bicyclic) bond motifs is 1. The first-order valence-electron chi connectivity index (χ1n) is 10.6. The number of nitrogens with one attached hydrogen (secondary N) is 2. The van der Waals surface area contributed by atoms with Crippen molar-refractivity contribution in [1.29, 1.82) is 0 Å². The molecule has 0 spiro atoms. The fraction of sp³-hybridized carbons (Fsp3) is 0.348. The first-order valence-corrected chi connectivity index (χ1v) is 10.6. The van der Waals surface area contributed by atoms with E-state index in [1.807, 2.05) is 0 Å². The van der Waals surface area contributed by atoms with E-state index >= 15 is 0 Å². The Morgan fingerprint density at radius 2 is 1.91 bits per heavy atom. The number of imide groups is 1. The second kappa shape index (κ2) is 8.88. The fourth-order valence-electron chi connectivity index (χ4n) is 4.31. The van der Waals surface area contributed by atoms with Crippen molar-refractivity contribution in [3.8, 4) is 0 Å². The largest absolute Gasteiger partial charge is 0.416 e. The molecule has 1 aromatic carbocycles. The topological polar surface area (TPSA) is 108 Å². The molecule has 11 heteroatoms. The molecule has 3 unspecified atom stereocenters. The van der Waals surface area contributed by atoms with Crippen molar-refractivity contribution in [3.63, 3.8) is 0 Å². The Morgan fingerprint density at radius 3 is 2.56 bits per heavy atom. The molecule has 2 N–H and O–H groups in total. The molecule has 0 bridgehead atoms. The number of halogens is 3. The van der Waals surface area contributed by atoms with Crippen molar-refractivity contribution >= 4 is 29.5 Å². The molecule has 2 aliphatic heterocycles. The fourth-order valence-corrected chi connectivity index (χ4v) is 4.31. The molecular weight excluding hydrogens is 453 g/mol. The van der Waals surface area contributed by atoms with E-state index in [1.165, 1.54) is 4.90 Å². The van der Waals surface area contributed by atoms with Crippen LogP contribution in [-0.4, -0.2) is 53.0 Å². The number of carbonyl (C=O) groups excluding carboxylic acids is 4. The molecule has 34 heavy (non-hydrogen) atoms. The molecule has 3 aliphatic rings. The van der Waals surface area contributed by atoms with Gasteiger partial charge in [-0.25, -0.2) is 0 Å². The molecule has 178 valence electrons. The number of alkyl halides is 3. The Labute approximate surface area is 192 Å². The van der Waals surface area contributed by atoms with E-state index in [4.69, 9.17) is 0 Å². The molecule has 8 nitrogen and oxygen atoms in total. The molecule has 1 aromatic rings. The molecule has 4 amide bonds. The third-order valence-corrected chi connectivity index (χ3v) is 6.00. The molecule has 0 saturated carbocycles. The van der Waals surface area contributed by atoms with Crippen LogP contribution in [0.3, 0.4) is 0 Å². The standard InChI is InChI=1S/C23H21F3N4O4/c1-12-28-16-4-2-3-14(11-27-20(32)13-5-7-15(8-6-13)23(24,25)26)19(16)22(34)30(12)17-9-10-18(31)29-21(17)33/h2-8,16-17,19H,9-11H2,1H3,(H,27,32)(H,29,31,33). The van der Waals surface area contributed by atoms with Gasteiger partial charge in [0.2, 0.25) is 17.7 Å². The molecule has 1 saturated heterocycles. The summed E-state index contributed by atoms with van der Waals surface area (Å²) in [4.78, 5) is 55.6. The van der Waals surface area contributed by atoms with Gasteiger partial charge in [-0.05, 0) is 43.2 Å². The van der Waals surface area contributed by atoms with E-state index in [2.05, 4.69) is 15.6 Å². The van der Waals surface area contributed by atoms with E-state index in [-0.39, 0.29) is 30.9 Å². The first kappa shape index (κ1) is 23.4. The van der Waals surface area contributed by atoms with Crippen molar-refractivity contribution in [2.24, 2.45) is 10.9 Å². The van der Waals surface area contributed by atoms with E-state index in [9.17, 15) is 32.3 Å².